The maximum absolute atomic E-state index is 13.0. The van der Waals surface area contributed by atoms with E-state index in [0.717, 1.165) is 6.42 Å². The number of nitrogens with one attached hydrogen (secondary N) is 1. The van der Waals surface area contributed by atoms with E-state index >= 15 is 0 Å². The van der Waals surface area contributed by atoms with Gasteiger partial charge in [-0.3, -0.25) is 4.79 Å². The van der Waals surface area contributed by atoms with Crippen LogP contribution in [-0.4, -0.2) is 41.0 Å². The molecule has 21 heavy (non-hydrogen) atoms. The minimum absolute atomic E-state index is 0.183. The molecule has 0 unspecified atom stereocenters. The molecule has 1 N–H and O–H groups in total. The number of carbonyl (C=O) groups excluding carboxylic acids is 1. The highest BCUT2D eigenvalue weighted by molar-refractivity contribution is 5.96. The summed E-state index contributed by atoms with van der Waals surface area (Å²) >= 11 is 0. The summed E-state index contributed by atoms with van der Waals surface area (Å²) in [5.74, 6) is -0.0110. The first-order valence-electron chi connectivity index (χ1n) is 6.59. The van der Waals surface area contributed by atoms with E-state index in [9.17, 15) is 9.18 Å². The lowest BCUT2D eigenvalue weighted by Gasteiger charge is -2.09. The zero-order valence-corrected chi connectivity index (χ0v) is 12.0. The van der Waals surface area contributed by atoms with E-state index in [1.165, 1.54) is 23.7 Å². The maximum atomic E-state index is 13.0. The molecule has 0 aliphatic carbocycles. The molecule has 6 nitrogen and oxygen atoms in total. The molecule has 0 atom stereocenters. The second-order valence-electron chi connectivity index (χ2n) is 4.50. The lowest BCUT2D eigenvalue weighted by molar-refractivity contribution is 0.101. The summed E-state index contributed by atoms with van der Waals surface area (Å²) in [7, 11) is 1.63. The minimum Gasteiger partial charge on any atom is -0.385 e. The molecule has 2 rings (SSSR count). The number of aromatic nitrogens is 3. The van der Waals surface area contributed by atoms with E-state index in [4.69, 9.17) is 4.74 Å². The van der Waals surface area contributed by atoms with Gasteiger partial charge in [-0.25, -0.2) is 4.39 Å². The molecule has 112 valence electrons. The van der Waals surface area contributed by atoms with Crippen LogP contribution in [0.25, 0.3) is 5.69 Å². The SMILES string of the molecule is COCCCNc1c(C(C)=O)nnn1-c1ccc(F)cc1. The van der Waals surface area contributed by atoms with E-state index in [0.29, 0.717) is 24.7 Å². The van der Waals surface area contributed by atoms with Gasteiger partial charge in [0.25, 0.3) is 0 Å². The first kappa shape index (κ1) is 15.1. The van der Waals surface area contributed by atoms with Crippen molar-refractivity contribution in [3.8, 4) is 5.69 Å². The van der Waals surface area contributed by atoms with Crippen molar-refractivity contribution in [2.75, 3.05) is 25.6 Å². The minimum atomic E-state index is -0.333. The molecule has 0 fully saturated rings. The van der Waals surface area contributed by atoms with Crippen LogP contribution in [0, 0.1) is 5.82 Å². The molecule has 1 heterocycles. The highest BCUT2D eigenvalue weighted by atomic mass is 19.1. The molecule has 7 heteroatoms. The number of hydrogen-bond donors (Lipinski definition) is 1. The second kappa shape index (κ2) is 6.94. The summed E-state index contributed by atoms with van der Waals surface area (Å²) in [4.78, 5) is 11.6. The van der Waals surface area contributed by atoms with Gasteiger partial charge >= 0.3 is 0 Å². The summed E-state index contributed by atoms with van der Waals surface area (Å²) in [6.45, 7) is 2.66. The van der Waals surface area contributed by atoms with Gasteiger partial charge in [-0.2, -0.15) is 4.68 Å². The number of nitrogens with zero attached hydrogens (tertiary/aromatic N) is 3. The summed E-state index contributed by atoms with van der Waals surface area (Å²) in [6.07, 6.45) is 0.780. The van der Waals surface area contributed by atoms with Crippen molar-refractivity contribution in [2.45, 2.75) is 13.3 Å². The first-order valence-corrected chi connectivity index (χ1v) is 6.59. The van der Waals surface area contributed by atoms with E-state index in [-0.39, 0.29) is 17.3 Å². The van der Waals surface area contributed by atoms with Crippen molar-refractivity contribution in [1.82, 2.24) is 15.0 Å². The number of Topliss-reactive ketones (excluding diaryl/α,β-unsaturated/α-hetero) is 1. The smallest absolute Gasteiger partial charge is 0.183 e. The van der Waals surface area contributed by atoms with Gasteiger partial charge in [0.1, 0.15) is 5.82 Å². The van der Waals surface area contributed by atoms with E-state index in [1.807, 2.05) is 0 Å². The van der Waals surface area contributed by atoms with Crippen LogP contribution in [0.15, 0.2) is 24.3 Å². The van der Waals surface area contributed by atoms with E-state index in [2.05, 4.69) is 15.6 Å². The second-order valence-corrected chi connectivity index (χ2v) is 4.50. The highest BCUT2D eigenvalue weighted by Crippen LogP contribution is 2.19. The van der Waals surface area contributed by atoms with Crippen molar-refractivity contribution in [3.63, 3.8) is 0 Å². The number of hydrogen-bond acceptors (Lipinski definition) is 5. The van der Waals surface area contributed by atoms with Crippen molar-refractivity contribution >= 4 is 11.6 Å². The van der Waals surface area contributed by atoms with Crippen LogP contribution in [0.2, 0.25) is 0 Å². The van der Waals surface area contributed by atoms with Gasteiger partial charge in [0, 0.05) is 27.2 Å². The van der Waals surface area contributed by atoms with Gasteiger partial charge in [0.05, 0.1) is 5.69 Å². The Morgan fingerprint density at radius 3 is 2.71 bits per heavy atom. The van der Waals surface area contributed by atoms with Crippen LogP contribution < -0.4 is 5.32 Å². The monoisotopic (exact) mass is 292 g/mol. The molecule has 0 saturated heterocycles. The van der Waals surface area contributed by atoms with Gasteiger partial charge in [-0.15, -0.1) is 5.10 Å². The van der Waals surface area contributed by atoms with Crippen LogP contribution in [0.3, 0.4) is 0 Å². The molecule has 0 amide bonds. The van der Waals surface area contributed by atoms with Crippen molar-refractivity contribution in [1.29, 1.82) is 0 Å². The number of ketones is 1. The van der Waals surface area contributed by atoms with Crippen LogP contribution >= 0.6 is 0 Å². The molecule has 0 spiro atoms. The normalized spacial score (nSPS) is 10.6. The largest absolute Gasteiger partial charge is 0.385 e. The molecule has 0 bridgehead atoms. The molecule has 0 radical (unpaired) electrons. The van der Waals surface area contributed by atoms with Crippen molar-refractivity contribution < 1.29 is 13.9 Å². The number of carbonyl (C=O) groups is 1. The maximum Gasteiger partial charge on any atom is 0.183 e. The van der Waals surface area contributed by atoms with Crippen LogP contribution in [0.4, 0.5) is 10.2 Å². The predicted octanol–water partition coefficient (Wildman–Crippen LogP) is 2.06. The predicted molar refractivity (Wildman–Crippen MR) is 76.3 cm³/mol. The lowest BCUT2D eigenvalue weighted by atomic mass is 10.3. The molecule has 0 aliphatic heterocycles. The number of rotatable bonds is 7. The molecule has 0 aliphatic rings. The number of benzene rings is 1. The molecule has 1 aromatic heterocycles. The van der Waals surface area contributed by atoms with Crippen LogP contribution in [-0.2, 0) is 4.74 Å². The Bertz CT molecular complexity index is 610. The van der Waals surface area contributed by atoms with Crippen LogP contribution in [0.1, 0.15) is 23.8 Å². The third-order valence-corrected chi connectivity index (χ3v) is 2.89. The fraction of sp³-hybridized carbons (Fsp3) is 0.357. The fourth-order valence-electron chi connectivity index (χ4n) is 1.86. The van der Waals surface area contributed by atoms with Crippen molar-refractivity contribution in [2.24, 2.45) is 0 Å². The molecule has 2 aromatic rings. The highest BCUT2D eigenvalue weighted by Gasteiger charge is 2.17. The Morgan fingerprint density at radius 2 is 2.10 bits per heavy atom. The number of anilines is 1. The average Bonchev–Trinajstić information content (AvgIpc) is 2.88. The Kier molecular flexibility index (Phi) is 4.99. The first-order chi connectivity index (χ1) is 10.1. The topological polar surface area (TPSA) is 69.0 Å². The lowest BCUT2D eigenvalue weighted by Crippen LogP contribution is -2.12. The number of ether oxygens (including phenoxy) is 1. The van der Waals surface area contributed by atoms with Gasteiger partial charge < -0.3 is 10.1 Å². The molecule has 0 saturated carbocycles. The Morgan fingerprint density at radius 1 is 1.38 bits per heavy atom. The molecular formula is C14H17FN4O2. The molecular weight excluding hydrogens is 275 g/mol. The fourth-order valence-corrected chi connectivity index (χ4v) is 1.86. The van der Waals surface area contributed by atoms with E-state index < -0.39 is 0 Å². The van der Waals surface area contributed by atoms with Gasteiger partial charge in [0.15, 0.2) is 17.3 Å². The summed E-state index contributed by atoms with van der Waals surface area (Å²) < 4.78 is 19.5. The Balaban J connectivity index is 2.28. The summed E-state index contributed by atoms with van der Waals surface area (Å²) in [5, 5.41) is 11.0. The quantitative estimate of drug-likeness (QED) is 0.625. The molecule has 1 aromatic carbocycles. The summed E-state index contributed by atoms with van der Waals surface area (Å²) in [5.41, 5.74) is 0.891. The van der Waals surface area contributed by atoms with Gasteiger partial charge in [-0.1, -0.05) is 5.21 Å². The number of methoxy groups -OCH3 is 1. The third-order valence-electron chi connectivity index (χ3n) is 2.89. The van der Waals surface area contributed by atoms with Crippen LogP contribution in [0.5, 0.6) is 0 Å². The van der Waals surface area contributed by atoms with Gasteiger partial charge in [-0.05, 0) is 30.7 Å². The standard InChI is InChI=1S/C14H17FN4O2/c1-10(20)13-14(16-8-3-9-21-2)19(18-17-13)12-6-4-11(15)5-7-12/h4-7,16H,3,8-9H2,1-2H3. The zero-order valence-electron chi connectivity index (χ0n) is 12.0. The zero-order chi connectivity index (χ0) is 15.2. The number of halogens is 1. The van der Waals surface area contributed by atoms with Gasteiger partial charge in [0.2, 0.25) is 0 Å². The Labute approximate surface area is 121 Å². The third kappa shape index (κ3) is 3.63. The average molecular weight is 292 g/mol. The Hall–Kier alpha value is -2.28. The summed E-state index contributed by atoms with van der Waals surface area (Å²) in [6, 6.07) is 5.82. The van der Waals surface area contributed by atoms with Crippen molar-refractivity contribution in [3.05, 3.63) is 35.8 Å². The van der Waals surface area contributed by atoms with E-state index in [1.54, 1.807) is 19.2 Å².